The summed E-state index contributed by atoms with van der Waals surface area (Å²) in [6.45, 7) is 1.67. The predicted octanol–water partition coefficient (Wildman–Crippen LogP) is 3.00. The van der Waals surface area contributed by atoms with Crippen LogP contribution in [0.1, 0.15) is 60.2 Å². The van der Waals surface area contributed by atoms with Crippen LogP contribution < -0.4 is 9.47 Å². The van der Waals surface area contributed by atoms with Crippen molar-refractivity contribution in [2.75, 3.05) is 20.8 Å². The number of rotatable bonds is 4. The molecule has 1 atom stereocenters. The zero-order chi connectivity index (χ0) is 18.8. The smallest absolute Gasteiger partial charge is 0.254 e. The summed E-state index contributed by atoms with van der Waals surface area (Å²) in [5, 5.41) is 8.90. The van der Waals surface area contributed by atoms with E-state index in [2.05, 4.69) is 14.8 Å². The van der Waals surface area contributed by atoms with Gasteiger partial charge in [0.05, 0.1) is 20.3 Å². The minimum Gasteiger partial charge on any atom is -0.497 e. The number of nitrogens with zero attached hydrogens (tertiary/aromatic N) is 4. The number of carbonyl (C=O) groups excluding carboxylic acids is 1. The van der Waals surface area contributed by atoms with Gasteiger partial charge < -0.3 is 18.9 Å². The van der Waals surface area contributed by atoms with E-state index >= 15 is 0 Å². The topological polar surface area (TPSA) is 69.5 Å². The predicted molar refractivity (Wildman–Crippen MR) is 100 cm³/mol. The number of benzene rings is 1. The maximum atomic E-state index is 13.3. The monoisotopic (exact) mass is 370 g/mol. The summed E-state index contributed by atoms with van der Waals surface area (Å²) >= 11 is 0. The highest BCUT2D eigenvalue weighted by Gasteiger charge is 2.35. The Morgan fingerprint density at radius 2 is 1.78 bits per heavy atom. The number of amides is 1. The second-order valence-corrected chi connectivity index (χ2v) is 7.19. The van der Waals surface area contributed by atoms with Crippen molar-refractivity contribution in [3.05, 3.63) is 35.4 Å². The van der Waals surface area contributed by atoms with Crippen molar-refractivity contribution in [3.63, 3.8) is 0 Å². The fourth-order valence-electron chi connectivity index (χ4n) is 4.13. The van der Waals surface area contributed by atoms with Crippen LogP contribution in [-0.2, 0) is 13.0 Å². The molecule has 27 heavy (non-hydrogen) atoms. The van der Waals surface area contributed by atoms with Gasteiger partial charge in [0.25, 0.3) is 5.91 Å². The average molecular weight is 370 g/mol. The molecule has 0 radical (unpaired) electrons. The van der Waals surface area contributed by atoms with Gasteiger partial charge in [0.1, 0.15) is 17.3 Å². The number of aryl methyl sites for hydroxylation is 1. The van der Waals surface area contributed by atoms with Crippen molar-refractivity contribution in [2.24, 2.45) is 0 Å². The fraction of sp³-hybridized carbons (Fsp3) is 0.550. The third kappa shape index (κ3) is 3.38. The Kier molecular flexibility index (Phi) is 5.01. The SMILES string of the molecule is COc1cc(OC)cc(C(=O)N2CCCC2c2nnc3n2CCCCC3)c1. The summed E-state index contributed by atoms with van der Waals surface area (Å²) in [5.41, 5.74) is 0.578. The molecule has 0 bridgehead atoms. The minimum absolute atomic E-state index is 0.0133. The van der Waals surface area contributed by atoms with Gasteiger partial charge in [0.2, 0.25) is 0 Å². The van der Waals surface area contributed by atoms with Crippen LogP contribution in [0.5, 0.6) is 11.5 Å². The van der Waals surface area contributed by atoms with Crippen molar-refractivity contribution in [2.45, 2.75) is 51.1 Å². The molecule has 0 N–H and O–H groups in total. The van der Waals surface area contributed by atoms with E-state index < -0.39 is 0 Å². The van der Waals surface area contributed by atoms with Crippen molar-refractivity contribution in [3.8, 4) is 11.5 Å². The summed E-state index contributed by atoms with van der Waals surface area (Å²) in [7, 11) is 3.18. The third-order valence-electron chi connectivity index (χ3n) is 5.55. The molecule has 144 valence electrons. The van der Waals surface area contributed by atoms with Gasteiger partial charge in [-0.3, -0.25) is 4.79 Å². The Morgan fingerprint density at radius 3 is 2.52 bits per heavy atom. The maximum absolute atomic E-state index is 13.3. The normalized spacial score (nSPS) is 19.5. The Bertz CT molecular complexity index is 810. The van der Waals surface area contributed by atoms with Gasteiger partial charge in [0.15, 0.2) is 5.82 Å². The molecule has 1 aromatic heterocycles. The molecule has 2 aliphatic heterocycles. The standard InChI is InChI=1S/C20H26N4O3/c1-26-15-11-14(12-16(13-15)27-2)20(25)23-10-6-7-17(23)19-22-21-18-8-4-3-5-9-24(18)19/h11-13,17H,3-10H2,1-2H3. The maximum Gasteiger partial charge on any atom is 0.254 e. The fourth-order valence-corrected chi connectivity index (χ4v) is 4.13. The first-order valence-electron chi connectivity index (χ1n) is 9.67. The van der Waals surface area contributed by atoms with Crippen molar-refractivity contribution in [1.29, 1.82) is 0 Å². The second kappa shape index (κ2) is 7.58. The quantitative estimate of drug-likeness (QED) is 0.827. The molecule has 0 spiro atoms. The second-order valence-electron chi connectivity index (χ2n) is 7.19. The highest BCUT2D eigenvalue weighted by atomic mass is 16.5. The highest BCUT2D eigenvalue weighted by Crippen LogP contribution is 2.34. The zero-order valence-electron chi connectivity index (χ0n) is 16.0. The first kappa shape index (κ1) is 17.8. The number of hydrogen-bond acceptors (Lipinski definition) is 5. The summed E-state index contributed by atoms with van der Waals surface area (Å²) < 4.78 is 12.9. The van der Waals surface area contributed by atoms with Crippen LogP contribution in [-0.4, -0.2) is 46.3 Å². The molecule has 2 aromatic rings. The molecule has 1 unspecified atom stereocenters. The lowest BCUT2D eigenvalue weighted by molar-refractivity contribution is 0.0726. The van der Waals surface area contributed by atoms with Crippen LogP contribution in [0.4, 0.5) is 0 Å². The van der Waals surface area contributed by atoms with Crippen LogP contribution in [0.25, 0.3) is 0 Å². The van der Waals surface area contributed by atoms with E-state index in [0.29, 0.717) is 17.1 Å². The first-order valence-corrected chi connectivity index (χ1v) is 9.67. The Labute approximate surface area is 159 Å². The molecule has 7 nitrogen and oxygen atoms in total. The molecule has 1 aromatic carbocycles. The summed E-state index contributed by atoms with van der Waals surface area (Å²) in [6.07, 6.45) is 6.39. The molecule has 0 saturated carbocycles. The van der Waals surface area contributed by atoms with Crippen molar-refractivity contribution >= 4 is 5.91 Å². The molecular formula is C20H26N4O3. The minimum atomic E-state index is -0.0194. The molecule has 1 fully saturated rings. The van der Waals surface area contributed by atoms with Gasteiger partial charge >= 0.3 is 0 Å². The molecule has 3 heterocycles. The lowest BCUT2D eigenvalue weighted by Crippen LogP contribution is -2.32. The number of aromatic nitrogens is 3. The summed E-state index contributed by atoms with van der Waals surface area (Å²) in [5.74, 6) is 3.22. The van der Waals surface area contributed by atoms with Gasteiger partial charge in [-0.15, -0.1) is 10.2 Å². The van der Waals surface area contributed by atoms with E-state index in [-0.39, 0.29) is 11.9 Å². The molecule has 1 amide bonds. The zero-order valence-corrected chi connectivity index (χ0v) is 16.0. The Hall–Kier alpha value is -2.57. The van der Waals surface area contributed by atoms with Gasteiger partial charge in [-0.05, 0) is 37.8 Å². The summed E-state index contributed by atoms with van der Waals surface area (Å²) in [4.78, 5) is 15.2. The van der Waals surface area contributed by atoms with E-state index in [1.54, 1.807) is 32.4 Å². The van der Waals surface area contributed by atoms with Gasteiger partial charge in [-0.1, -0.05) is 6.42 Å². The molecule has 2 aliphatic rings. The molecule has 1 saturated heterocycles. The van der Waals surface area contributed by atoms with Crippen LogP contribution in [0.15, 0.2) is 18.2 Å². The van der Waals surface area contributed by atoms with Gasteiger partial charge in [-0.25, -0.2) is 0 Å². The average Bonchev–Trinajstić information content (AvgIpc) is 3.27. The molecule has 0 aliphatic carbocycles. The number of fused-ring (bicyclic) bond motifs is 1. The lowest BCUT2D eigenvalue weighted by Gasteiger charge is -2.25. The third-order valence-corrected chi connectivity index (χ3v) is 5.55. The highest BCUT2D eigenvalue weighted by molar-refractivity contribution is 5.95. The largest absolute Gasteiger partial charge is 0.497 e. The number of ether oxygens (including phenoxy) is 2. The number of likely N-dealkylation sites (tertiary alicyclic amines) is 1. The van der Waals surface area contributed by atoms with Crippen LogP contribution >= 0.6 is 0 Å². The van der Waals surface area contributed by atoms with E-state index in [0.717, 1.165) is 56.8 Å². The molecular weight excluding hydrogens is 344 g/mol. The summed E-state index contributed by atoms with van der Waals surface area (Å²) in [6, 6.07) is 5.29. The number of hydrogen-bond donors (Lipinski definition) is 0. The van der Waals surface area contributed by atoms with Crippen LogP contribution in [0, 0.1) is 0 Å². The van der Waals surface area contributed by atoms with E-state index in [1.807, 2.05) is 4.90 Å². The lowest BCUT2D eigenvalue weighted by atomic mass is 10.1. The van der Waals surface area contributed by atoms with Crippen LogP contribution in [0.2, 0.25) is 0 Å². The number of methoxy groups -OCH3 is 2. The van der Waals surface area contributed by atoms with E-state index in [9.17, 15) is 4.79 Å². The van der Waals surface area contributed by atoms with E-state index in [1.165, 1.54) is 6.42 Å². The molecule has 4 rings (SSSR count). The number of carbonyl (C=O) groups is 1. The van der Waals surface area contributed by atoms with E-state index in [4.69, 9.17) is 9.47 Å². The molecule has 7 heteroatoms. The first-order chi connectivity index (χ1) is 13.2. The van der Waals surface area contributed by atoms with Gasteiger partial charge in [0, 0.05) is 31.1 Å². The Morgan fingerprint density at radius 1 is 1.00 bits per heavy atom. The van der Waals surface area contributed by atoms with Crippen molar-refractivity contribution in [1.82, 2.24) is 19.7 Å². The van der Waals surface area contributed by atoms with Crippen molar-refractivity contribution < 1.29 is 14.3 Å². The van der Waals surface area contributed by atoms with Gasteiger partial charge in [-0.2, -0.15) is 0 Å². The van der Waals surface area contributed by atoms with Crippen LogP contribution in [0.3, 0.4) is 0 Å². The Balaban J connectivity index is 1.64.